The lowest BCUT2D eigenvalue weighted by molar-refractivity contribution is -0.128. The molecular formula is C21H26N2O3. The van der Waals surface area contributed by atoms with Gasteiger partial charge in [0.15, 0.2) is 5.60 Å². The average Bonchev–Trinajstić information content (AvgIpc) is 2.60. The number of ether oxygens (including phenoxy) is 1. The van der Waals surface area contributed by atoms with Gasteiger partial charge in [0.25, 0.3) is 5.91 Å². The molecule has 2 N–H and O–H groups in total. The van der Waals surface area contributed by atoms with Gasteiger partial charge in [-0.3, -0.25) is 9.59 Å². The van der Waals surface area contributed by atoms with Crippen LogP contribution in [0.25, 0.3) is 0 Å². The zero-order valence-corrected chi connectivity index (χ0v) is 15.5. The van der Waals surface area contributed by atoms with Gasteiger partial charge < -0.3 is 15.4 Å². The van der Waals surface area contributed by atoms with Crippen molar-refractivity contribution < 1.29 is 14.3 Å². The van der Waals surface area contributed by atoms with Gasteiger partial charge in [0.05, 0.1) is 0 Å². The number of carbonyl (C=O) groups excluding carboxylic acids is 2. The molecule has 2 aromatic rings. The van der Waals surface area contributed by atoms with Crippen LogP contribution in [0.5, 0.6) is 5.75 Å². The first-order chi connectivity index (χ1) is 12.4. The van der Waals surface area contributed by atoms with Crippen molar-refractivity contribution in [2.45, 2.75) is 45.6 Å². The quantitative estimate of drug-likeness (QED) is 0.727. The molecule has 0 unspecified atom stereocenters. The summed E-state index contributed by atoms with van der Waals surface area (Å²) in [5.74, 6) is 0.337. The molecule has 0 aliphatic carbocycles. The van der Waals surface area contributed by atoms with E-state index in [0.717, 1.165) is 12.8 Å². The topological polar surface area (TPSA) is 67.4 Å². The predicted octanol–water partition coefficient (Wildman–Crippen LogP) is 4.61. The van der Waals surface area contributed by atoms with Gasteiger partial charge in [0.2, 0.25) is 5.91 Å². The first-order valence-corrected chi connectivity index (χ1v) is 8.86. The Hall–Kier alpha value is -2.82. The lowest BCUT2D eigenvalue weighted by Gasteiger charge is -2.25. The van der Waals surface area contributed by atoms with E-state index >= 15 is 0 Å². The highest BCUT2D eigenvalue weighted by Gasteiger charge is 2.30. The van der Waals surface area contributed by atoms with Gasteiger partial charge in [-0.1, -0.05) is 37.6 Å². The van der Waals surface area contributed by atoms with Crippen LogP contribution in [-0.2, 0) is 9.59 Å². The van der Waals surface area contributed by atoms with Crippen LogP contribution in [0, 0.1) is 0 Å². The van der Waals surface area contributed by atoms with Crippen molar-refractivity contribution in [2.24, 2.45) is 0 Å². The largest absolute Gasteiger partial charge is 0.478 e. The Kier molecular flexibility index (Phi) is 6.78. The molecule has 0 saturated carbocycles. The van der Waals surface area contributed by atoms with Crippen LogP contribution >= 0.6 is 0 Å². The fraction of sp³-hybridized carbons (Fsp3) is 0.333. The van der Waals surface area contributed by atoms with E-state index in [-0.39, 0.29) is 11.8 Å². The number of nitrogens with one attached hydrogen (secondary N) is 2. The second-order valence-corrected chi connectivity index (χ2v) is 6.61. The van der Waals surface area contributed by atoms with Crippen molar-refractivity contribution in [1.82, 2.24) is 0 Å². The Morgan fingerprint density at radius 2 is 1.62 bits per heavy atom. The number of hydrogen-bond donors (Lipinski definition) is 2. The van der Waals surface area contributed by atoms with E-state index in [1.807, 2.05) is 37.3 Å². The third-order valence-corrected chi connectivity index (χ3v) is 3.82. The molecule has 0 aromatic heterocycles. The summed E-state index contributed by atoms with van der Waals surface area (Å²) in [5, 5.41) is 5.69. The van der Waals surface area contributed by atoms with Crippen LogP contribution in [0.1, 0.15) is 40.0 Å². The van der Waals surface area contributed by atoms with E-state index in [2.05, 4.69) is 10.6 Å². The van der Waals surface area contributed by atoms with Gasteiger partial charge in [-0.15, -0.1) is 0 Å². The van der Waals surface area contributed by atoms with Gasteiger partial charge in [0.1, 0.15) is 5.75 Å². The van der Waals surface area contributed by atoms with E-state index in [1.165, 1.54) is 0 Å². The number of rotatable bonds is 8. The maximum atomic E-state index is 12.6. The molecule has 0 fully saturated rings. The van der Waals surface area contributed by atoms with Crippen molar-refractivity contribution in [3.05, 3.63) is 54.6 Å². The zero-order chi connectivity index (χ0) is 19.0. The molecule has 2 rings (SSSR count). The van der Waals surface area contributed by atoms with E-state index < -0.39 is 5.60 Å². The molecule has 0 heterocycles. The SMILES string of the molecule is CCCCC(=O)Nc1cccc(NC(=O)C(C)(C)Oc2ccccc2)c1. The zero-order valence-electron chi connectivity index (χ0n) is 15.5. The van der Waals surface area contributed by atoms with Crippen LogP contribution in [-0.4, -0.2) is 17.4 Å². The van der Waals surface area contributed by atoms with Crippen LogP contribution in [0.15, 0.2) is 54.6 Å². The summed E-state index contributed by atoms with van der Waals surface area (Å²) in [4.78, 5) is 24.4. The smallest absolute Gasteiger partial charge is 0.267 e. The Bertz CT molecular complexity index is 742. The van der Waals surface area contributed by atoms with E-state index in [0.29, 0.717) is 23.5 Å². The minimum Gasteiger partial charge on any atom is -0.478 e. The Morgan fingerprint density at radius 1 is 0.962 bits per heavy atom. The number of carbonyl (C=O) groups is 2. The maximum absolute atomic E-state index is 12.6. The first kappa shape index (κ1) is 19.5. The molecule has 0 radical (unpaired) electrons. The number of amides is 2. The third-order valence-electron chi connectivity index (χ3n) is 3.82. The molecular weight excluding hydrogens is 328 g/mol. The van der Waals surface area contributed by atoms with Gasteiger partial charge in [-0.2, -0.15) is 0 Å². The van der Waals surface area contributed by atoms with E-state index in [9.17, 15) is 9.59 Å². The summed E-state index contributed by atoms with van der Waals surface area (Å²) in [6.07, 6.45) is 2.32. The Morgan fingerprint density at radius 3 is 2.27 bits per heavy atom. The van der Waals surface area contributed by atoms with Crippen molar-refractivity contribution in [3.63, 3.8) is 0 Å². The molecule has 0 aliphatic heterocycles. The van der Waals surface area contributed by atoms with Crippen LogP contribution in [0.3, 0.4) is 0 Å². The molecule has 2 amide bonds. The second kappa shape index (κ2) is 9.04. The minimum absolute atomic E-state index is 0.0249. The highest BCUT2D eigenvalue weighted by Crippen LogP contribution is 2.21. The van der Waals surface area contributed by atoms with Crippen molar-refractivity contribution in [1.29, 1.82) is 0 Å². The number of hydrogen-bond acceptors (Lipinski definition) is 3. The predicted molar refractivity (Wildman–Crippen MR) is 104 cm³/mol. The average molecular weight is 354 g/mol. The minimum atomic E-state index is -1.04. The normalized spacial score (nSPS) is 10.9. The fourth-order valence-electron chi connectivity index (χ4n) is 2.35. The summed E-state index contributed by atoms with van der Waals surface area (Å²) < 4.78 is 5.79. The van der Waals surface area contributed by atoms with Gasteiger partial charge >= 0.3 is 0 Å². The van der Waals surface area contributed by atoms with Crippen LogP contribution < -0.4 is 15.4 Å². The van der Waals surface area contributed by atoms with Gasteiger partial charge in [-0.05, 0) is 50.6 Å². The molecule has 138 valence electrons. The van der Waals surface area contributed by atoms with Crippen LogP contribution in [0.4, 0.5) is 11.4 Å². The molecule has 26 heavy (non-hydrogen) atoms. The first-order valence-electron chi connectivity index (χ1n) is 8.86. The molecule has 0 spiro atoms. The third kappa shape index (κ3) is 5.92. The maximum Gasteiger partial charge on any atom is 0.267 e. The summed E-state index contributed by atoms with van der Waals surface area (Å²) in [7, 11) is 0. The number of para-hydroxylation sites is 1. The van der Waals surface area contributed by atoms with E-state index in [1.54, 1.807) is 38.1 Å². The van der Waals surface area contributed by atoms with Gasteiger partial charge in [0, 0.05) is 17.8 Å². The van der Waals surface area contributed by atoms with Gasteiger partial charge in [-0.25, -0.2) is 0 Å². The highest BCUT2D eigenvalue weighted by molar-refractivity contribution is 5.98. The summed E-state index contributed by atoms with van der Waals surface area (Å²) in [5.41, 5.74) is 0.223. The lowest BCUT2D eigenvalue weighted by Crippen LogP contribution is -2.42. The highest BCUT2D eigenvalue weighted by atomic mass is 16.5. The lowest BCUT2D eigenvalue weighted by atomic mass is 10.1. The summed E-state index contributed by atoms with van der Waals surface area (Å²) in [6, 6.07) is 16.3. The molecule has 0 atom stereocenters. The monoisotopic (exact) mass is 354 g/mol. The number of benzene rings is 2. The molecule has 5 heteroatoms. The Labute approximate surface area is 154 Å². The second-order valence-electron chi connectivity index (χ2n) is 6.61. The van der Waals surface area contributed by atoms with E-state index in [4.69, 9.17) is 4.74 Å². The number of anilines is 2. The molecule has 0 saturated heterocycles. The summed E-state index contributed by atoms with van der Waals surface area (Å²) in [6.45, 7) is 5.47. The van der Waals surface area contributed by atoms with Crippen molar-refractivity contribution in [2.75, 3.05) is 10.6 Å². The Balaban J connectivity index is 1.99. The fourth-order valence-corrected chi connectivity index (χ4v) is 2.35. The van der Waals surface area contributed by atoms with Crippen molar-refractivity contribution >= 4 is 23.2 Å². The molecule has 2 aromatic carbocycles. The summed E-state index contributed by atoms with van der Waals surface area (Å²) >= 11 is 0. The molecule has 5 nitrogen and oxygen atoms in total. The van der Waals surface area contributed by atoms with Crippen LogP contribution in [0.2, 0.25) is 0 Å². The van der Waals surface area contributed by atoms with Crippen molar-refractivity contribution in [3.8, 4) is 5.75 Å². The standard InChI is InChI=1S/C21H26N2O3/c1-4-5-14-19(24)22-16-10-9-11-17(15-16)23-20(25)21(2,3)26-18-12-7-6-8-13-18/h6-13,15H,4-5,14H2,1-3H3,(H,22,24)(H,23,25). The number of unbranched alkanes of at least 4 members (excludes halogenated alkanes) is 1. The molecule has 0 aliphatic rings. The molecule has 0 bridgehead atoms.